The molecule has 4 rings (SSSR count). The Labute approximate surface area is 188 Å². The number of nitrogens with zero attached hydrogens (tertiary/aromatic N) is 2. The van der Waals surface area contributed by atoms with Gasteiger partial charge in [0.1, 0.15) is 5.76 Å². The standard InChI is InChI=1S/C23H34N4O3S/c1-18-4-5-22(31-18)21(27-9-13-28-14-10-27)16-26-23(25-15-19-7-12-29-17-19)24-8-6-20-3-2-11-30-20/h2-5,11,19,21H,6-10,12-17H2,1H3,(H2,24,25,26). The van der Waals surface area contributed by atoms with Gasteiger partial charge >= 0.3 is 0 Å². The monoisotopic (exact) mass is 446 g/mol. The van der Waals surface area contributed by atoms with Crippen LogP contribution in [0.1, 0.15) is 28.0 Å². The number of aliphatic imine (C=N–C) groups is 1. The molecule has 0 aromatic carbocycles. The molecule has 0 aliphatic carbocycles. The molecule has 2 fully saturated rings. The van der Waals surface area contributed by atoms with Gasteiger partial charge in [0.15, 0.2) is 5.96 Å². The Kier molecular flexibility index (Phi) is 8.40. The normalized spacial score (nSPS) is 21.3. The highest BCUT2D eigenvalue weighted by molar-refractivity contribution is 7.12. The number of thiophene rings is 1. The van der Waals surface area contributed by atoms with Crippen molar-refractivity contribution in [1.82, 2.24) is 15.5 Å². The van der Waals surface area contributed by atoms with Crippen LogP contribution in [-0.4, -0.2) is 70.0 Å². The van der Waals surface area contributed by atoms with Gasteiger partial charge in [0.25, 0.3) is 0 Å². The number of guanidine groups is 1. The minimum absolute atomic E-state index is 0.279. The van der Waals surface area contributed by atoms with Gasteiger partial charge in [0.05, 0.1) is 38.7 Å². The number of aryl methyl sites for hydroxylation is 1. The summed E-state index contributed by atoms with van der Waals surface area (Å²) in [4.78, 5) is 10.2. The van der Waals surface area contributed by atoms with Crippen LogP contribution < -0.4 is 10.6 Å². The average molecular weight is 447 g/mol. The zero-order valence-corrected chi connectivity index (χ0v) is 19.2. The van der Waals surface area contributed by atoms with Crippen LogP contribution in [0.15, 0.2) is 39.9 Å². The minimum Gasteiger partial charge on any atom is -0.469 e. The van der Waals surface area contributed by atoms with Crippen LogP contribution in [0.5, 0.6) is 0 Å². The van der Waals surface area contributed by atoms with E-state index in [-0.39, 0.29) is 6.04 Å². The molecule has 0 bridgehead atoms. The van der Waals surface area contributed by atoms with Crippen LogP contribution in [-0.2, 0) is 15.9 Å². The van der Waals surface area contributed by atoms with Gasteiger partial charge in [-0.3, -0.25) is 9.89 Å². The van der Waals surface area contributed by atoms with Gasteiger partial charge in [-0.15, -0.1) is 11.3 Å². The molecular formula is C23H34N4O3S. The van der Waals surface area contributed by atoms with Crippen molar-refractivity contribution in [3.8, 4) is 0 Å². The summed E-state index contributed by atoms with van der Waals surface area (Å²) in [5, 5.41) is 7.04. The summed E-state index contributed by atoms with van der Waals surface area (Å²) in [5.41, 5.74) is 0. The second kappa shape index (κ2) is 11.7. The molecule has 8 heteroatoms. The predicted octanol–water partition coefficient (Wildman–Crippen LogP) is 2.84. The number of furan rings is 1. The molecule has 2 aliphatic rings. The van der Waals surface area contributed by atoms with Crippen LogP contribution in [0.25, 0.3) is 0 Å². The number of nitrogens with one attached hydrogen (secondary N) is 2. The summed E-state index contributed by atoms with van der Waals surface area (Å²) < 4.78 is 16.6. The van der Waals surface area contributed by atoms with Crippen molar-refractivity contribution in [3.05, 3.63) is 46.0 Å². The number of hydrogen-bond donors (Lipinski definition) is 2. The Morgan fingerprint density at radius 1 is 1.19 bits per heavy atom. The molecule has 0 radical (unpaired) electrons. The Balaban J connectivity index is 1.41. The van der Waals surface area contributed by atoms with E-state index < -0.39 is 0 Å². The lowest BCUT2D eigenvalue weighted by Gasteiger charge is -2.33. The molecule has 2 atom stereocenters. The zero-order chi connectivity index (χ0) is 21.3. The number of morpholine rings is 1. The smallest absolute Gasteiger partial charge is 0.191 e. The third kappa shape index (κ3) is 6.80. The fourth-order valence-corrected chi connectivity index (χ4v) is 5.01. The summed E-state index contributed by atoms with van der Waals surface area (Å²) in [6, 6.07) is 8.68. The maximum atomic E-state index is 5.58. The first-order valence-electron chi connectivity index (χ1n) is 11.3. The summed E-state index contributed by atoms with van der Waals surface area (Å²) in [6.07, 6.45) is 3.66. The lowest BCUT2D eigenvalue weighted by Crippen LogP contribution is -2.43. The van der Waals surface area contributed by atoms with Gasteiger partial charge in [-0.05, 0) is 37.6 Å². The summed E-state index contributed by atoms with van der Waals surface area (Å²) in [5.74, 6) is 2.40. The highest BCUT2D eigenvalue weighted by atomic mass is 32.1. The van der Waals surface area contributed by atoms with Crippen molar-refractivity contribution in [2.45, 2.75) is 25.8 Å². The van der Waals surface area contributed by atoms with Gasteiger partial charge in [-0.2, -0.15) is 0 Å². The van der Waals surface area contributed by atoms with Crippen LogP contribution in [0, 0.1) is 12.8 Å². The second-order valence-electron chi connectivity index (χ2n) is 8.17. The molecule has 170 valence electrons. The lowest BCUT2D eigenvalue weighted by atomic mass is 10.1. The maximum absolute atomic E-state index is 5.58. The summed E-state index contributed by atoms with van der Waals surface area (Å²) in [7, 11) is 0. The Hall–Kier alpha value is -1.87. The van der Waals surface area contributed by atoms with Crippen LogP contribution in [0.3, 0.4) is 0 Å². The van der Waals surface area contributed by atoms with Crippen molar-refractivity contribution in [2.75, 3.05) is 59.2 Å². The first kappa shape index (κ1) is 22.3. The molecular weight excluding hydrogens is 412 g/mol. The SMILES string of the molecule is Cc1ccc(C(CN=C(NCCc2ccco2)NCC2CCOC2)N2CCOCC2)s1. The van der Waals surface area contributed by atoms with Crippen molar-refractivity contribution in [1.29, 1.82) is 0 Å². The predicted molar refractivity (Wildman–Crippen MR) is 124 cm³/mol. The van der Waals surface area contributed by atoms with Gasteiger partial charge in [-0.1, -0.05) is 0 Å². The van der Waals surface area contributed by atoms with Gasteiger partial charge in [0.2, 0.25) is 0 Å². The molecule has 0 saturated carbocycles. The van der Waals surface area contributed by atoms with Crippen molar-refractivity contribution in [3.63, 3.8) is 0 Å². The first-order chi connectivity index (χ1) is 15.3. The molecule has 0 amide bonds. The molecule has 2 aromatic rings. The van der Waals surface area contributed by atoms with Crippen LogP contribution >= 0.6 is 11.3 Å². The molecule has 2 aliphatic heterocycles. The third-order valence-corrected chi connectivity index (χ3v) is 6.93. The highest BCUT2D eigenvalue weighted by Gasteiger charge is 2.24. The molecule has 2 saturated heterocycles. The van der Waals surface area contributed by atoms with E-state index >= 15 is 0 Å². The molecule has 2 N–H and O–H groups in total. The van der Waals surface area contributed by atoms with Crippen LogP contribution in [0.4, 0.5) is 0 Å². The fraction of sp³-hybridized carbons (Fsp3) is 0.609. The Morgan fingerprint density at radius 3 is 2.81 bits per heavy atom. The van der Waals surface area contributed by atoms with Gasteiger partial charge < -0.3 is 24.5 Å². The van der Waals surface area contributed by atoms with Gasteiger partial charge in [-0.25, -0.2) is 0 Å². The van der Waals surface area contributed by atoms with Gasteiger partial charge in [0, 0.05) is 54.9 Å². The summed E-state index contributed by atoms with van der Waals surface area (Å²) >= 11 is 1.87. The molecule has 4 heterocycles. The van der Waals surface area contributed by atoms with Crippen molar-refractivity contribution in [2.24, 2.45) is 10.9 Å². The molecule has 0 spiro atoms. The minimum atomic E-state index is 0.279. The summed E-state index contributed by atoms with van der Waals surface area (Å²) in [6.45, 7) is 9.72. The van der Waals surface area contributed by atoms with E-state index in [1.807, 2.05) is 23.5 Å². The number of hydrogen-bond acceptors (Lipinski definition) is 6. The third-order valence-electron chi connectivity index (χ3n) is 5.82. The second-order valence-corrected chi connectivity index (χ2v) is 9.49. The van der Waals surface area contributed by atoms with E-state index in [1.165, 1.54) is 9.75 Å². The highest BCUT2D eigenvalue weighted by Crippen LogP contribution is 2.28. The van der Waals surface area contributed by atoms with Crippen LogP contribution in [0.2, 0.25) is 0 Å². The average Bonchev–Trinajstić information content (AvgIpc) is 3.56. The van der Waals surface area contributed by atoms with E-state index in [0.717, 1.165) is 83.7 Å². The number of ether oxygens (including phenoxy) is 2. The van der Waals surface area contributed by atoms with E-state index in [1.54, 1.807) is 6.26 Å². The fourth-order valence-electron chi connectivity index (χ4n) is 4.00. The Morgan fingerprint density at radius 2 is 2.10 bits per heavy atom. The molecule has 31 heavy (non-hydrogen) atoms. The topological polar surface area (TPSA) is 71.3 Å². The van der Waals surface area contributed by atoms with E-state index in [9.17, 15) is 0 Å². The number of rotatable bonds is 9. The maximum Gasteiger partial charge on any atom is 0.191 e. The van der Waals surface area contributed by atoms with Crippen molar-refractivity contribution < 1.29 is 13.9 Å². The van der Waals surface area contributed by atoms with E-state index in [4.69, 9.17) is 18.9 Å². The van der Waals surface area contributed by atoms with E-state index in [2.05, 4.69) is 34.6 Å². The Bertz CT molecular complexity index is 796. The molecule has 7 nitrogen and oxygen atoms in total. The quantitative estimate of drug-likeness (QED) is 0.456. The van der Waals surface area contributed by atoms with E-state index in [0.29, 0.717) is 5.92 Å². The van der Waals surface area contributed by atoms with Crippen molar-refractivity contribution >= 4 is 17.3 Å². The largest absolute Gasteiger partial charge is 0.469 e. The molecule has 2 unspecified atom stereocenters. The first-order valence-corrected chi connectivity index (χ1v) is 12.1. The lowest BCUT2D eigenvalue weighted by molar-refractivity contribution is 0.0186. The zero-order valence-electron chi connectivity index (χ0n) is 18.3. The molecule has 2 aromatic heterocycles.